The zero-order valence-electron chi connectivity index (χ0n) is 9.94. The van der Waals surface area contributed by atoms with E-state index in [0.29, 0.717) is 0 Å². The van der Waals surface area contributed by atoms with Crippen LogP contribution in [0.25, 0.3) is 5.76 Å². The Morgan fingerprint density at radius 2 is 2.17 bits per heavy atom. The van der Waals surface area contributed by atoms with Crippen molar-refractivity contribution in [3.8, 4) is 0 Å². The Morgan fingerprint density at radius 3 is 2.72 bits per heavy atom. The number of nitrogens with zero attached hydrogens (tertiary/aromatic N) is 1. The molecule has 0 radical (unpaired) electrons. The summed E-state index contributed by atoms with van der Waals surface area (Å²) in [5.41, 5.74) is 0.283. The van der Waals surface area contributed by atoms with Crippen molar-refractivity contribution >= 4 is 29.1 Å². The van der Waals surface area contributed by atoms with E-state index in [2.05, 4.69) is 9.72 Å². The number of halogens is 1. The Morgan fingerprint density at radius 1 is 1.50 bits per heavy atom. The van der Waals surface area contributed by atoms with E-state index in [4.69, 9.17) is 11.6 Å². The molecule has 0 aliphatic carbocycles. The van der Waals surface area contributed by atoms with Gasteiger partial charge >= 0.3 is 5.97 Å². The Balaban J connectivity index is 3.02. The third kappa shape index (κ3) is 3.30. The van der Waals surface area contributed by atoms with Crippen LogP contribution in [0.5, 0.6) is 0 Å². The molecule has 0 aliphatic heterocycles. The zero-order valence-corrected chi connectivity index (χ0v) is 10.7. The predicted octanol–water partition coefficient (Wildman–Crippen LogP) is 2.16. The van der Waals surface area contributed by atoms with Crippen LogP contribution in [-0.4, -0.2) is 29.0 Å². The van der Waals surface area contributed by atoms with Crippen molar-refractivity contribution in [2.75, 3.05) is 7.11 Å². The Kier molecular flexibility index (Phi) is 4.85. The summed E-state index contributed by atoms with van der Waals surface area (Å²) in [5, 5.41) is 9.99. The van der Waals surface area contributed by atoms with Gasteiger partial charge in [-0.15, -0.1) is 0 Å². The lowest BCUT2D eigenvalue weighted by Gasteiger charge is -2.06. The minimum absolute atomic E-state index is 0.0373. The smallest absolute Gasteiger partial charge is 0.313 e. The summed E-state index contributed by atoms with van der Waals surface area (Å²) in [7, 11) is 1.19. The summed E-state index contributed by atoms with van der Waals surface area (Å²) in [5.74, 6) is -1.48. The average molecular weight is 270 g/mol. The van der Waals surface area contributed by atoms with Crippen molar-refractivity contribution in [3.63, 3.8) is 0 Å². The van der Waals surface area contributed by atoms with Gasteiger partial charge in [0.05, 0.1) is 12.7 Å². The van der Waals surface area contributed by atoms with Gasteiger partial charge in [-0.05, 0) is 19.1 Å². The highest BCUT2D eigenvalue weighted by molar-refractivity contribution is 6.31. The number of pyridine rings is 1. The number of hydrogen-bond acceptors (Lipinski definition) is 5. The first-order valence-corrected chi connectivity index (χ1v) is 5.46. The van der Waals surface area contributed by atoms with E-state index in [1.807, 2.05) is 0 Å². The molecule has 96 valence electrons. The van der Waals surface area contributed by atoms with Gasteiger partial charge in [-0.3, -0.25) is 9.59 Å². The lowest BCUT2D eigenvalue weighted by Crippen LogP contribution is -2.11. The standard InChI is InChI=1S/C12H12ClNO4/c1-7(9(15)6-10(16)18-2)11(17)8-4-3-5-14-12(8)13/h3-5,17H,6H2,1-2H3/b11-7-. The number of rotatable bonds is 4. The maximum Gasteiger partial charge on any atom is 0.313 e. The second kappa shape index (κ2) is 6.16. The van der Waals surface area contributed by atoms with Gasteiger partial charge in [-0.25, -0.2) is 4.98 Å². The monoisotopic (exact) mass is 269 g/mol. The quantitative estimate of drug-likeness (QED) is 0.298. The first-order chi connectivity index (χ1) is 8.47. The lowest BCUT2D eigenvalue weighted by atomic mass is 10.1. The molecule has 0 atom stereocenters. The van der Waals surface area contributed by atoms with Gasteiger partial charge in [0.25, 0.3) is 0 Å². The molecule has 1 aromatic heterocycles. The Bertz CT molecular complexity index is 511. The number of aliphatic hydroxyl groups excluding tert-OH is 1. The van der Waals surface area contributed by atoms with E-state index >= 15 is 0 Å². The van der Waals surface area contributed by atoms with Crippen molar-refractivity contribution in [2.45, 2.75) is 13.3 Å². The van der Waals surface area contributed by atoms with E-state index in [1.54, 1.807) is 6.07 Å². The van der Waals surface area contributed by atoms with Crippen LogP contribution in [0.4, 0.5) is 0 Å². The number of aromatic nitrogens is 1. The van der Waals surface area contributed by atoms with Crippen LogP contribution in [0.1, 0.15) is 18.9 Å². The van der Waals surface area contributed by atoms with Crippen LogP contribution in [-0.2, 0) is 14.3 Å². The molecule has 0 fully saturated rings. The van der Waals surface area contributed by atoms with Gasteiger partial charge < -0.3 is 9.84 Å². The van der Waals surface area contributed by atoms with Crippen LogP contribution < -0.4 is 0 Å². The van der Waals surface area contributed by atoms with E-state index in [1.165, 1.54) is 26.3 Å². The Labute approximate surface area is 109 Å². The number of allylic oxidation sites excluding steroid dienone is 1. The molecular formula is C12H12ClNO4. The first kappa shape index (κ1) is 14.2. The molecule has 0 bridgehead atoms. The largest absolute Gasteiger partial charge is 0.507 e. The van der Waals surface area contributed by atoms with Crippen LogP contribution in [0.2, 0.25) is 5.15 Å². The van der Waals surface area contributed by atoms with Gasteiger partial charge in [-0.2, -0.15) is 0 Å². The molecule has 1 aromatic rings. The number of esters is 1. The Hall–Kier alpha value is -1.88. The highest BCUT2D eigenvalue weighted by Gasteiger charge is 2.17. The molecule has 0 amide bonds. The number of aliphatic hydroxyl groups is 1. The number of carbonyl (C=O) groups is 2. The van der Waals surface area contributed by atoms with Gasteiger partial charge in [0.15, 0.2) is 5.78 Å². The van der Waals surface area contributed by atoms with E-state index in [9.17, 15) is 14.7 Å². The van der Waals surface area contributed by atoms with Crippen molar-refractivity contribution in [2.24, 2.45) is 0 Å². The predicted molar refractivity (Wildman–Crippen MR) is 66.1 cm³/mol. The fourth-order valence-corrected chi connectivity index (χ4v) is 1.44. The molecule has 0 saturated carbocycles. The molecule has 1 heterocycles. The molecule has 0 aromatic carbocycles. The molecule has 1 N–H and O–H groups in total. The fourth-order valence-electron chi connectivity index (χ4n) is 1.23. The van der Waals surface area contributed by atoms with Gasteiger partial charge in [-0.1, -0.05) is 11.6 Å². The average Bonchev–Trinajstić information content (AvgIpc) is 2.37. The minimum atomic E-state index is -0.663. The number of ether oxygens (including phenoxy) is 1. The first-order valence-electron chi connectivity index (χ1n) is 5.08. The van der Waals surface area contributed by atoms with Gasteiger partial charge in [0, 0.05) is 11.8 Å². The molecule has 0 saturated heterocycles. The number of methoxy groups -OCH3 is 1. The van der Waals surface area contributed by atoms with Crippen LogP contribution in [0.3, 0.4) is 0 Å². The SMILES string of the molecule is COC(=O)CC(=O)/C(C)=C(\O)c1cccnc1Cl. The van der Waals surface area contributed by atoms with E-state index in [0.717, 1.165) is 0 Å². The molecule has 6 heteroatoms. The molecule has 0 spiro atoms. The van der Waals surface area contributed by atoms with Gasteiger partial charge in [0.2, 0.25) is 0 Å². The highest BCUT2D eigenvalue weighted by Crippen LogP contribution is 2.22. The van der Waals surface area contributed by atoms with Crippen LogP contribution in [0.15, 0.2) is 23.9 Å². The molecule has 0 unspecified atom stereocenters. The van der Waals surface area contributed by atoms with Crippen LogP contribution >= 0.6 is 11.6 Å². The molecule has 5 nitrogen and oxygen atoms in total. The summed E-state index contributed by atoms with van der Waals surface area (Å²) in [6, 6.07) is 3.11. The topological polar surface area (TPSA) is 76.5 Å². The number of ketones is 1. The molecular weight excluding hydrogens is 258 g/mol. The third-order valence-corrected chi connectivity index (χ3v) is 2.62. The maximum atomic E-state index is 11.7. The van der Waals surface area contributed by atoms with E-state index < -0.39 is 18.2 Å². The summed E-state index contributed by atoms with van der Waals surface area (Å²) in [4.78, 5) is 26.4. The fraction of sp³-hybridized carbons (Fsp3) is 0.250. The molecule has 18 heavy (non-hydrogen) atoms. The zero-order chi connectivity index (χ0) is 13.7. The van der Waals surface area contributed by atoms with Crippen molar-refractivity contribution < 1.29 is 19.4 Å². The second-order valence-electron chi connectivity index (χ2n) is 3.49. The number of carbonyl (C=O) groups excluding carboxylic acids is 2. The third-order valence-electron chi connectivity index (χ3n) is 2.32. The summed E-state index contributed by atoms with van der Waals surface area (Å²) in [6.07, 6.45) is 1.04. The molecule has 1 rings (SSSR count). The maximum absolute atomic E-state index is 11.7. The second-order valence-corrected chi connectivity index (χ2v) is 3.85. The summed E-state index contributed by atoms with van der Waals surface area (Å²) >= 11 is 5.79. The van der Waals surface area contributed by atoms with Crippen molar-refractivity contribution in [1.82, 2.24) is 4.98 Å². The summed E-state index contributed by atoms with van der Waals surface area (Å²) < 4.78 is 4.38. The number of Topliss-reactive ketones (excluding diaryl/α,β-unsaturated/α-hetero) is 1. The lowest BCUT2D eigenvalue weighted by molar-refractivity contribution is -0.142. The van der Waals surface area contributed by atoms with Crippen LogP contribution in [0, 0.1) is 0 Å². The highest BCUT2D eigenvalue weighted by atomic mass is 35.5. The van der Waals surface area contributed by atoms with Crippen molar-refractivity contribution in [3.05, 3.63) is 34.6 Å². The minimum Gasteiger partial charge on any atom is -0.507 e. The van der Waals surface area contributed by atoms with Crippen molar-refractivity contribution in [1.29, 1.82) is 0 Å². The normalized spacial score (nSPS) is 11.7. The van der Waals surface area contributed by atoms with E-state index in [-0.39, 0.29) is 22.0 Å². The summed E-state index contributed by atoms with van der Waals surface area (Å²) in [6.45, 7) is 1.41. The van der Waals surface area contributed by atoms with Gasteiger partial charge in [0.1, 0.15) is 17.3 Å². The molecule has 0 aliphatic rings. The number of hydrogen-bond donors (Lipinski definition) is 1.